The van der Waals surface area contributed by atoms with Crippen LogP contribution >= 0.6 is 11.3 Å². The zero-order valence-electron chi connectivity index (χ0n) is 11.3. The predicted molar refractivity (Wildman–Crippen MR) is 77.5 cm³/mol. The van der Waals surface area contributed by atoms with E-state index in [1.54, 1.807) is 7.11 Å². The van der Waals surface area contributed by atoms with Crippen LogP contribution in [-0.2, 0) is 4.74 Å². The van der Waals surface area contributed by atoms with Crippen molar-refractivity contribution in [1.29, 1.82) is 0 Å². The number of hydrogen-bond donors (Lipinski definition) is 1. The second-order valence-corrected chi connectivity index (χ2v) is 6.09. The van der Waals surface area contributed by atoms with Crippen LogP contribution in [0, 0.1) is 0 Å². The summed E-state index contributed by atoms with van der Waals surface area (Å²) in [5, 5.41) is 4.36. The van der Waals surface area contributed by atoms with Crippen LogP contribution in [0.15, 0.2) is 6.20 Å². The zero-order valence-corrected chi connectivity index (χ0v) is 12.1. The largest absolute Gasteiger partial charge is 0.383 e. The van der Waals surface area contributed by atoms with Crippen molar-refractivity contribution >= 4 is 16.5 Å². The minimum Gasteiger partial charge on any atom is -0.383 e. The molecule has 0 amide bonds. The van der Waals surface area contributed by atoms with E-state index in [1.807, 2.05) is 11.3 Å². The fourth-order valence-electron chi connectivity index (χ4n) is 2.56. The van der Waals surface area contributed by atoms with Crippen LogP contribution in [0.25, 0.3) is 0 Å². The summed E-state index contributed by atoms with van der Waals surface area (Å²) in [5.41, 5.74) is 0. The van der Waals surface area contributed by atoms with Gasteiger partial charge in [0.15, 0.2) is 5.13 Å². The minimum absolute atomic E-state index is 0.734. The molecule has 0 unspecified atom stereocenters. The molecule has 1 saturated carbocycles. The molecule has 1 N–H and O–H groups in total. The molecule has 1 fully saturated rings. The van der Waals surface area contributed by atoms with Gasteiger partial charge in [-0.15, -0.1) is 11.3 Å². The molecule has 1 aliphatic carbocycles. The lowest BCUT2D eigenvalue weighted by Gasteiger charge is -2.17. The lowest BCUT2D eigenvalue weighted by Crippen LogP contribution is -2.06. The number of ether oxygens (including phenoxy) is 1. The molecule has 18 heavy (non-hydrogen) atoms. The van der Waals surface area contributed by atoms with Crippen LogP contribution in [0.2, 0.25) is 0 Å². The molecular formula is C14H24N2OS. The number of thiazole rings is 1. The smallest absolute Gasteiger partial charge is 0.182 e. The van der Waals surface area contributed by atoms with E-state index in [1.165, 1.54) is 49.8 Å². The van der Waals surface area contributed by atoms with Gasteiger partial charge in [-0.3, -0.25) is 0 Å². The highest BCUT2D eigenvalue weighted by Gasteiger charge is 2.16. The molecule has 0 bridgehead atoms. The Kier molecular flexibility index (Phi) is 5.94. The van der Waals surface area contributed by atoms with Gasteiger partial charge >= 0.3 is 0 Å². The third-order valence-corrected chi connectivity index (χ3v) is 4.73. The van der Waals surface area contributed by atoms with Gasteiger partial charge in [-0.1, -0.05) is 32.1 Å². The van der Waals surface area contributed by atoms with E-state index in [0.717, 1.165) is 24.2 Å². The molecule has 102 valence electrons. The van der Waals surface area contributed by atoms with Crippen LogP contribution in [0.4, 0.5) is 5.13 Å². The maximum Gasteiger partial charge on any atom is 0.182 e. The van der Waals surface area contributed by atoms with Crippen molar-refractivity contribution in [3.05, 3.63) is 11.1 Å². The van der Waals surface area contributed by atoms with E-state index in [2.05, 4.69) is 16.5 Å². The molecule has 4 heteroatoms. The summed E-state index contributed by atoms with van der Waals surface area (Å²) in [6, 6.07) is 0. The second kappa shape index (κ2) is 7.74. The molecule has 0 saturated heterocycles. The number of aromatic nitrogens is 1. The first-order chi connectivity index (χ1) is 8.90. The molecule has 0 radical (unpaired) electrons. The Hall–Kier alpha value is -0.610. The predicted octanol–water partition coefficient (Wildman–Crippen LogP) is 4.03. The van der Waals surface area contributed by atoms with E-state index >= 15 is 0 Å². The van der Waals surface area contributed by atoms with E-state index in [4.69, 9.17) is 4.74 Å². The van der Waals surface area contributed by atoms with E-state index in [0.29, 0.717) is 0 Å². The Morgan fingerprint density at radius 1 is 1.28 bits per heavy atom. The van der Waals surface area contributed by atoms with Crippen molar-refractivity contribution < 1.29 is 4.74 Å². The molecule has 1 aromatic heterocycles. The van der Waals surface area contributed by atoms with Crippen molar-refractivity contribution in [3.8, 4) is 0 Å². The summed E-state index contributed by atoms with van der Waals surface area (Å²) >= 11 is 1.83. The first-order valence-electron chi connectivity index (χ1n) is 7.08. The molecule has 1 heterocycles. The molecule has 0 aliphatic heterocycles. The van der Waals surface area contributed by atoms with Gasteiger partial charge in [-0.2, -0.15) is 0 Å². The summed E-state index contributed by atoms with van der Waals surface area (Å²) in [6.07, 6.45) is 11.8. The number of nitrogens with zero attached hydrogens (tertiary/aromatic N) is 1. The van der Waals surface area contributed by atoms with Gasteiger partial charge in [0.25, 0.3) is 0 Å². The fourth-order valence-corrected chi connectivity index (χ4v) is 3.57. The summed E-state index contributed by atoms with van der Waals surface area (Å²) in [6.45, 7) is 1.58. The average Bonchev–Trinajstić information content (AvgIpc) is 2.78. The van der Waals surface area contributed by atoms with Crippen LogP contribution < -0.4 is 5.32 Å². The molecule has 2 rings (SSSR count). The number of anilines is 1. The van der Waals surface area contributed by atoms with Gasteiger partial charge in [0.2, 0.25) is 0 Å². The average molecular weight is 268 g/mol. The number of hydrogen-bond acceptors (Lipinski definition) is 4. The van der Waals surface area contributed by atoms with Gasteiger partial charge in [0.1, 0.15) is 0 Å². The van der Waals surface area contributed by atoms with Crippen molar-refractivity contribution in [2.75, 3.05) is 25.6 Å². The third kappa shape index (κ3) is 4.25. The molecule has 1 aromatic rings. The quantitative estimate of drug-likeness (QED) is 0.819. The standard InChI is InChI=1S/C14H24N2OS/c1-17-10-9-15-14-16-11-13(18-14)12-7-5-3-2-4-6-8-12/h11-12H,2-10H2,1H3,(H,15,16). The SMILES string of the molecule is COCCNc1ncc(C2CCCCCCC2)s1. The monoisotopic (exact) mass is 268 g/mol. The lowest BCUT2D eigenvalue weighted by atomic mass is 9.90. The summed E-state index contributed by atoms with van der Waals surface area (Å²) in [4.78, 5) is 5.94. The Morgan fingerprint density at radius 2 is 2.00 bits per heavy atom. The van der Waals surface area contributed by atoms with E-state index in [9.17, 15) is 0 Å². The highest BCUT2D eigenvalue weighted by molar-refractivity contribution is 7.15. The lowest BCUT2D eigenvalue weighted by molar-refractivity contribution is 0.211. The van der Waals surface area contributed by atoms with Crippen molar-refractivity contribution in [3.63, 3.8) is 0 Å². The van der Waals surface area contributed by atoms with Crippen LogP contribution in [0.5, 0.6) is 0 Å². The van der Waals surface area contributed by atoms with Crippen molar-refractivity contribution in [2.45, 2.75) is 50.9 Å². The second-order valence-electron chi connectivity index (χ2n) is 5.03. The first kappa shape index (κ1) is 13.8. The maximum atomic E-state index is 5.03. The molecule has 3 nitrogen and oxygen atoms in total. The molecule has 0 aromatic carbocycles. The van der Waals surface area contributed by atoms with Gasteiger partial charge in [0.05, 0.1) is 6.61 Å². The van der Waals surface area contributed by atoms with Gasteiger partial charge < -0.3 is 10.1 Å². The topological polar surface area (TPSA) is 34.1 Å². The Bertz CT molecular complexity index is 332. The van der Waals surface area contributed by atoms with Gasteiger partial charge in [0, 0.05) is 24.7 Å². The van der Waals surface area contributed by atoms with Crippen molar-refractivity contribution in [2.24, 2.45) is 0 Å². The third-order valence-electron chi connectivity index (χ3n) is 3.61. The molecular weight excluding hydrogens is 244 g/mol. The Morgan fingerprint density at radius 3 is 2.72 bits per heavy atom. The summed E-state index contributed by atoms with van der Waals surface area (Å²) < 4.78 is 5.03. The van der Waals surface area contributed by atoms with E-state index < -0.39 is 0 Å². The van der Waals surface area contributed by atoms with Crippen LogP contribution in [0.3, 0.4) is 0 Å². The maximum absolute atomic E-state index is 5.03. The zero-order chi connectivity index (χ0) is 12.6. The highest BCUT2D eigenvalue weighted by Crippen LogP contribution is 2.35. The molecule has 0 spiro atoms. The highest BCUT2D eigenvalue weighted by atomic mass is 32.1. The van der Waals surface area contributed by atoms with Crippen molar-refractivity contribution in [1.82, 2.24) is 4.98 Å². The van der Waals surface area contributed by atoms with E-state index in [-0.39, 0.29) is 0 Å². The molecule has 1 aliphatic rings. The normalized spacial score (nSPS) is 18.3. The number of methoxy groups -OCH3 is 1. The minimum atomic E-state index is 0.734. The fraction of sp³-hybridized carbons (Fsp3) is 0.786. The summed E-state index contributed by atoms with van der Waals surface area (Å²) in [5.74, 6) is 0.751. The summed E-state index contributed by atoms with van der Waals surface area (Å²) in [7, 11) is 1.73. The first-order valence-corrected chi connectivity index (χ1v) is 7.90. The number of rotatable bonds is 5. The Labute approximate surface area is 114 Å². The molecule has 0 atom stereocenters. The van der Waals surface area contributed by atoms with Crippen LogP contribution in [0.1, 0.15) is 55.7 Å². The van der Waals surface area contributed by atoms with Gasteiger partial charge in [-0.05, 0) is 18.8 Å². The van der Waals surface area contributed by atoms with Gasteiger partial charge in [-0.25, -0.2) is 4.98 Å². The Balaban J connectivity index is 1.86. The van der Waals surface area contributed by atoms with Crippen LogP contribution in [-0.4, -0.2) is 25.2 Å². The number of nitrogens with one attached hydrogen (secondary N) is 1.